The third-order valence-corrected chi connectivity index (χ3v) is 3.79. The van der Waals surface area contributed by atoms with Gasteiger partial charge in [-0.05, 0) is 42.5 Å². The van der Waals surface area contributed by atoms with Crippen LogP contribution >= 0.6 is 23.8 Å². The highest BCUT2D eigenvalue weighted by Gasteiger charge is 2.10. The predicted molar refractivity (Wildman–Crippen MR) is 83.3 cm³/mol. The molecular weight excluding hydrogens is 328 g/mol. The quantitative estimate of drug-likeness (QED) is 0.709. The van der Waals surface area contributed by atoms with Crippen LogP contribution < -0.4 is 0 Å². The van der Waals surface area contributed by atoms with Crippen LogP contribution in [0.4, 0.5) is 8.78 Å². The standard InChI is InChI=1S/C15H10ClF2N3S/c16-12-4-2-1-3-11(12)14-19-15(22)21(20-14)8-9-7-10(17)5-6-13(9)18/h1-7H,8H2,(H,19,20,22). The molecule has 0 spiro atoms. The fourth-order valence-corrected chi connectivity index (χ4v) is 2.50. The molecule has 0 radical (unpaired) electrons. The van der Waals surface area contributed by atoms with Gasteiger partial charge in [0.2, 0.25) is 4.77 Å². The summed E-state index contributed by atoms with van der Waals surface area (Å²) in [5.41, 5.74) is 0.874. The summed E-state index contributed by atoms with van der Waals surface area (Å²) < 4.78 is 28.6. The zero-order chi connectivity index (χ0) is 15.7. The molecule has 3 aromatic rings. The lowest BCUT2D eigenvalue weighted by Crippen LogP contribution is -2.04. The number of benzene rings is 2. The average Bonchev–Trinajstić information content (AvgIpc) is 2.84. The van der Waals surface area contributed by atoms with Gasteiger partial charge in [0.25, 0.3) is 0 Å². The van der Waals surface area contributed by atoms with Crippen LogP contribution in [0.15, 0.2) is 42.5 Å². The van der Waals surface area contributed by atoms with Crippen molar-refractivity contribution < 1.29 is 8.78 Å². The summed E-state index contributed by atoms with van der Waals surface area (Å²) in [5, 5.41) is 3.49. The van der Waals surface area contributed by atoms with Gasteiger partial charge >= 0.3 is 0 Å². The molecule has 3 nitrogen and oxygen atoms in total. The summed E-state index contributed by atoms with van der Waals surface area (Å²) in [4.78, 5) is 4.21. The molecule has 0 saturated carbocycles. The molecule has 0 aliphatic heterocycles. The van der Waals surface area contributed by atoms with Crippen LogP contribution in [0.5, 0.6) is 0 Å². The third kappa shape index (κ3) is 2.93. The summed E-state index contributed by atoms with van der Waals surface area (Å²) in [6.07, 6.45) is 0. The molecule has 0 amide bonds. The molecule has 0 bridgehead atoms. The highest BCUT2D eigenvalue weighted by molar-refractivity contribution is 7.71. The van der Waals surface area contributed by atoms with E-state index in [2.05, 4.69) is 10.1 Å². The minimum atomic E-state index is -0.506. The number of nitrogens with zero attached hydrogens (tertiary/aromatic N) is 2. The minimum Gasteiger partial charge on any atom is -0.279 e. The van der Waals surface area contributed by atoms with Gasteiger partial charge in [-0.3, -0.25) is 9.78 Å². The topological polar surface area (TPSA) is 33.6 Å². The second-order valence-electron chi connectivity index (χ2n) is 4.66. The summed E-state index contributed by atoms with van der Waals surface area (Å²) in [6.45, 7) is 0.0554. The van der Waals surface area contributed by atoms with Crippen LogP contribution in [0.2, 0.25) is 5.02 Å². The summed E-state index contributed by atoms with van der Waals surface area (Å²) in [6, 6.07) is 10.4. The number of aromatic nitrogens is 3. The molecule has 1 aromatic heterocycles. The van der Waals surface area contributed by atoms with Crippen LogP contribution in [0.1, 0.15) is 5.56 Å². The van der Waals surface area contributed by atoms with Crippen LogP contribution in [0.25, 0.3) is 11.4 Å². The van der Waals surface area contributed by atoms with Crippen molar-refractivity contribution in [2.75, 3.05) is 0 Å². The molecule has 112 valence electrons. The van der Waals surface area contributed by atoms with Gasteiger partial charge in [0.1, 0.15) is 11.6 Å². The van der Waals surface area contributed by atoms with E-state index in [0.717, 1.165) is 18.2 Å². The van der Waals surface area contributed by atoms with E-state index in [-0.39, 0.29) is 16.9 Å². The van der Waals surface area contributed by atoms with Crippen molar-refractivity contribution in [3.63, 3.8) is 0 Å². The fourth-order valence-electron chi connectivity index (χ4n) is 2.07. The monoisotopic (exact) mass is 337 g/mol. The zero-order valence-corrected chi connectivity index (χ0v) is 12.8. The molecule has 22 heavy (non-hydrogen) atoms. The third-order valence-electron chi connectivity index (χ3n) is 3.14. The zero-order valence-electron chi connectivity index (χ0n) is 11.2. The Morgan fingerprint density at radius 2 is 1.95 bits per heavy atom. The average molecular weight is 338 g/mol. The second-order valence-corrected chi connectivity index (χ2v) is 5.43. The number of hydrogen-bond acceptors (Lipinski definition) is 2. The highest BCUT2D eigenvalue weighted by atomic mass is 35.5. The van der Waals surface area contributed by atoms with E-state index in [9.17, 15) is 8.78 Å². The van der Waals surface area contributed by atoms with E-state index < -0.39 is 11.6 Å². The molecule has 0 aliphatic rings. The number of H-pyrrole nitrogens is 1. The number of halogens is 3. The largest absolute Gasteiger partial charge is 0.279 e. The van der Waals surface area contributed by atoms with Crippen molar-refractivity contribution >= 4 is 23.8 Å². The van der Waals surface area contributed by atoms with E-state index in [4.69, 9.17) is 23.8 Å². The number of hydrogen-bond donors (Lipinski definition) is 1. The summed E-state index contributed by atoms with van der Waals surface area (Å²) >= 11 is 11.3. The minimum absolute atomic E-state index is 0.0554. The first-order chi connectivity index (χ1) is 10.5. The Morgan fingerprint density at radius 3 is 2.73 bits per heavy atom. The molecule has 0 aliphatic carbocycles. The fraction of sp³-hybridized carbons (Fsp3) is 0.0667. The second kappa shape index (κ2) is 5.98. The summed E-state index contributed by atoms with van der Waals surface area (Å²) in [5.74, 6) is -0.529. The van der Waals surface area contributed by atoms with Gasteiger partial charge in [-0.1, -0.05) is 23.7 Å². The van der Waals surface area contributed by atoms with Crippen LogP contribution in [0, 0.1) is 16.4 Å². The van der Waals surface area contributed by atoms with Crippen LogP contribution in [-0.2, 0) is 6.54 Å². The van der Waals surface area contributed by atoms with E-state index in [1.807, 2.05) is 6.07 Å². The Labute approximate surface area is 135 Å². The molecule has 1 heterocycles. The maximum Gasteiger partial charge on any atom is 0.216 e. The lowest BCUT2D eigenvalue weighted by atomic mass is 10.2. The van der Waals surface area contributed by atoms with Crippen molar-refractivity contribution in [2.45, 2.75) is 6.54 Å². The first kappa shape index (κ1) is 14.9. The van der Waals surface area contributed by atoms with Crippen molar-refractivity contribution in [3.05, 3.63) is 69.5 Å². The van der Waals surface area contributed by atoms with Gasteiger partial charge in [-0.2, -0.15) is 4.98 Å². The highest BCUT2D eigenvalue weighted by Crippen LogP contribution is 2.24. The van der Waals surface area contributed by atoms with Crippen LogP contribution in [-0.4, -0.2) is 14.8 Å². The first-order valence-corrected chi connectivity index (χ1v) is 7.19. The molecule has 1 N–H and O–H groups in total. The lowest BCUT2D eigenvalue weighted by Gasteiger charge is -2.05. The van der Waals surface area contributed by atoms with Gasteiger partial charge in [-0.15, -0.1) is 0 Å². The lowest BCUT2D eigenvalue weighted by molar-refractivity contribution is 0.564. The molecule has 2 aromatic carbocycles. The Hall–Kier alpha value is -2.05. The SMILES string of the molecule is Fc1ccc(F)c(Cn2[nH]c(-c3ccccc3Cl)nc2=S)c1. The Kier molecular flexibility index (Phi) is 4.04. The molecule has 7 heteroatoms. The van der Waals surface area contributed by atoms with Crippen molar-refractivity contribution in [2.24, 2.45) is 0 Å². The van der Waals surface area contributed by atoms with Crippen LogP contribution in [0.3, 0.4) is 0 Å². The maximum atomic E-state index is 13.7. The number of nitrogens with one attached hydrogen (secondary N) is 1. The Morgan fingerprint density at radius 1 is 1.18 bits per heavy atom. The van der Waals surface area contributed by atoms with E-state index in [1.54, 1.807) is 18.2 Å². The van der Waals surface area contributed by atoms with Crippen molar-refractivity contribution in [1.82, 2.24) is 14.8 Å². The Bertz CT molecular complexity index is 888. The molecule has 3 rings (SSSR count). The van der Waals surface area contributed by atoms with Gasteiger partial charge in [0.05, 0.1) is 11.6 Å². The predicted octanol–water partition coefficient (Wildman–Crippen LogP) is 4.59. The molecule has 0 atom stereocenters. The van der Waals surface area contributed by atoms with Gasteiger partial charge in [-0.25, -0.2) is 8.78 Å². The first-order valence-electron chi connectivity index (χ1n) is 6.40. The van der Waals surface area contributed by atoms with Gasteiger partial charge in [0, 0.05) is 11.1 Å². The molecule has 0 saturated heterocycles. The van der Waals surface area contributed by atoms with Crippen molar-refractivity contribution in [3.8, 4) is 11.4 Å². The molecule has 0 fully saturated rings. The van der Waals surface area contributed by atoms with Gasteiger partial charge in [0.15, 0.2) is 5.82 Å². The van der Waals surface area contributed by atoms with E-state index in [0.29, 0.717) is 16.4 Å². The van der Waals surface area contributed by atoms with E-state index >= 15 is 0 Å². The normalized spacial score (nSPS) is 10.9. The maximum absolute atomic E-state index is 13.7. The van der Waals surface area contributed by atoms with Crippen molar-refractivity contribution in [1.29, 1.82) is 0 Å². The number of rotatable bonds is 3. The molecule has 0 unspecified atom stereocenters. The molecular formula is C15H10ClF2N3S. The van der Waals surface area contributed by atoms with Gasteiger partial charge < -0.3 is 0 Å². The van der Waals surface area contributed by atoms with E-state index in [1.165, 1.54) is 4.68 Å². The summed E-state index contributed by atoms with van der Waals surface area (Å²) in [7, 11) is 0. The Balaban J connectivity index is 1.98. The smallest absolute Gasteiger partial charge is 0.216 e. The number of aromatic amines is 1.